The Morgan fingerprint density at radius 1 is 1.09 bits per heavy atom. The SMILES string of the molecule is FC(F)(F)c1cc(N2CC(c3nnc4ccccn34)C2)ncn1. The van der Waals surface area contributed by atoms with Crippen molar-refractivity contribution in [1.29, 1.82) is 0 Å². The van der Waals surface area contributed by atoms with Gasteiger partial charge in [0.2, 0.25) is 0 Å². The lowest BCUT2D eigenvalue weighted by Crippen LogP contribution is -2.46. The van der Waals surface area contributed by atoms with E-state index >= 15 is 0 Å². The number of hydrogen-bond donors (Lipinski definition) is 0. The number of pyridine rings is 1. The number of halogens is 3. The lowest BCUT2D eigenvalue weighted by atomic mass is 9.99. The number of alkyl halides is 3. The van der Waals surface area contributed by atoms with Crippen molar-refractivity contribution in [2.75, 3.05) is 18.0 Å². The summed E-state index contributed by atoms with van der Waals surface area (Å²) in [7, 11) is 0. The second kappa shape index (κ2) is 4.90. The third-order valence-corrected chi connectivity index (χ3v) is 3.85. The predicted molar refractivity (Wildman–Crippen MR) is 75.0 cm³/mol. The van der Waals surface area contributed by atoms with Gasteiger partial charge in [0.25, 0.3) is 0 Å². The standard InChI is InChI=1S/C14H11F3N6/c15-14(16,17)10-5-12(19-8-18-10)22-6-9(7-22)13-21-20-11-3-1-2-4-23(11)13/h1-5,8-9H,6-7H2. The van der Waals surface area contributed by atoms with Gasteiger partial charge in [0.15, 0.2) is 5.65 Å². The lowest BCUT2D eigenvalue weighted by molar-refractivity contribution is -0.141. The average Bonchev–Trinajstić information content (AvgIpc) is 2.89. The predicted octanol–water partition coefficient (Wildman–Crippen LogP) is 2.14. The van der Waals surface area contributed by atoms with E-state index in [2.05, 4.69) is 20.2 Å². The highest BCUT2D eigenvalue weighted by molar-refractivity contribution is 5.46. The molecule has 0 amide bonds. The van der Waals surface area contributed by atoms with E-state index in [0.29, 0.717) is 13.1 Å². The summed E-state index contributed by atoms with van der Waals surface area (Å²) in [4.78, 5) is 8.97. The van der Waals surface area contributed by atoms with Crippen LogP contribution in [0.15, 0.2) is 36.8 Å². The molecule has 0 aromatic carbocycles. The molecule has 4 rings (SSSR count). The second-order valence-electron chi connectivity index (χ2n) is 5.35. The Morgan fingerprint density at radius 3 is 2.70 bits per heavy atom. The van der Waals surface area contributed by atoms with Crippen LogP contribution in [0.5, 0.6) is 0 Å². The van der Waals surface area contributed by atoms with E-state index in [1.807, 2.05) is 28.8 Å². The van der Waals surface area contributed by atoms with Crippen molar-refractivity contribution in [3.05, 3.63) is 48.3 Å². The van der Waals surface area contributed by atoms with Gasteiger partial charge < -0.3 is 4.90 Å². The zero-order valence-electron chi connectivity index (χ0n) is 11.8. The molecule has 0 aliphatic carbocycles. The molecule has 118 valence electrons. The maximum absolute atomic E-state index is 12.7. The maximum Gasteiger partial charge on any atom is 0.433 e. The summed E-state index contributed by atoms with van der Waals surface area (Å²) >= 11 is 0. The third-order valence-electron chi connectivity index (χ3n) is 3.85. The number of nitrogens with zero attached hydrogens (tertiary/aromatic N) is 6. The summed E-state index contributed by atoms with van der Waals surface area (Å²) in [6, 6.07) is 6.59. The molecule has 0 spiro atoms. The third kappa shape index (κ3) is 2.37. The van der Waals surface area contributed by atoms with Crippen LogP contribution in [0.1, 0.15) is 17.4 Å². The highest BCUT2D eigenvalue weighted by atomic mass is 19.4. The van der Waals surface area contributed by atoms with Gasteiger partial charge in [0.1, 0.15) is 23.7 Å². The molecule has 6 nitrogen and oxygen atoms in total. The first-order valence-electron chi connectivity index (χ1n) is 6.96. The lowest BCUT2D eigenvalue weighted by Gasteiger charge is -2.39. The maximum atomic E-state index is 12.7. The van der Waals surface area contributed by atoms with Crippen LogP contribution in [0.3, 0.4) is 0 Å². The van der Waals surface area contributed by atoms with Gasteiger partial charge in [-0.3, -0.25) is 4.40 Å². The van der Waals surface area contributed by atoms with Crippen LogP contribution in [0.2, 0.25) is 0 Å². The molecular weight excluding hydrogens is 309 g/mol. The second-order valence-corrected chi connectivity index (χ2v) is 5.35. The quantitative estimate of drug-likeness (QED) is 0.724. The number of rotatable bonds is 2. The molecule has 23 heavy (non-hydrogen) atoms. The van der Waals surface area contributed by atoms with Crippen molar-refractivity contribution >= 4 is 11.5 Å². The van der Waals surface area contributed by atoms with Gasteiger partial charge in [-0.1, -0.05) is 6.07 Å². The van der Waals surface area contributed by atoms with Crippen LogP contribution in [0.4, 0.5) is 19.0 Å². The fraction of sp³-hybridized carbons (Fsp3) is 0.286. The van der Waals surface area contributed by atoms with E-state index in [0.717, 1.165) is 23.9 Å². The fourth-order valence-corrected chi connectivity index (χ4v) is 2.64. The van der Waals surface area contributed by atoms with Crippen LogP contribution in [-0.2, 0) is 6.18 Å². The summed E-state index contributed by atoms with van der Waals surface area (Å²) in [6.07, 6.45) is -1.65. The smallest absolute Gasteiger partial charge is 0.355 e. The van der Waals surface area contributed by atoms with Gasteiger partial charge in [-0.2, -0.15) is 13.2 Å². The molecule has 9 heteroatoms. The van der Waals surface area contributed by atoms with Crippen LogP contribution in [-0.4, -0.2) is 37.7 Å². The van der Waals surface area contributed by atoms with Crippen molar-refractivity contribution in [2.24, 2.45) is 0 Å². The number of fused-ring (bicyclic) bond motifs is 1. The van der Waals surface area contributed by atoms with Gasteiger partial charge in [-0.15, -0.1) is 10.2 Å². The summed E-state index contributed by atoms with van der Waals surface area (Å²) in [6.45, 7) is 1.09. The van der Waals surface area contributed by atoms with Gasteiger partial charge in [0, 0.05) is 25.4 Å². The molecule has 0 saturated carbocycles. The summed E-state index contributed by atoms with van der Waals surface area (Å²) in [5.41, 5.74) is -0.179. The largest absolute Gasteiger partial charge is 0.433 e. The molecule has 4 heterocycles. The Balaban J connectivity index is 1.54. The summed E-state index contributed by atoms with van der Waals surface area (Å²) < 4.78 is 40.0. The molecule has 0 N–H and O–H groups in total. The summed E-state index contributed by atoms with van der Waals surface area (Å²) in [5, 5.41) is 8.26. The molecule has 3 aromatic rings. The first-order chi connectivity index (χ1) is 11.0. The minimum atomic E-state index is -4.47. The molecular formula is C14H11F3N6. The van der Waals surface area contributed by atoms with Crippen LogP contribution >= 0.6 is 0 Å². The van der Waals surface area contributed by atoms with Gasteiger partial charge in [-0.25, -0.2) is 9.97 Å². The highest BCUT2D eigenvalue weighted by Gasteiger charge is 2.36. The fourth-order valence-electron chi connectivity index (χ4n) is 2.64. The van der Waals surface area contributed by atoms with Gasteiger partial charge in [0.05, 0.1) is 5.92 Å². The summed E-state index contributed by atoms with van der Waals surface area (Å²) in [5.74, 6) is 1.19. The van der Waals surface area contributed by atoms with Crippen molar-refractivity contribution in [3.8, 4) is 0 Å². The Bertz CT molecular complexity index is 853. The van der Waals surface area contributed by atoms with Gasteiger partial charge >= 0.3 is 6.18 Å². The number of hydrogen-bond acceptors (Lipinski definition) is 5. The molecule has 0 unspecified atom stereocenters. The van der Waals surface area contributed by atoms with Crippen molar-refractivity contribution < 1.29 is 13.2 Å². The number of anilines is 1. The van der Waals surface area contributed by atoms with Crippen LogP contribution in [0, 0.1) is 0 Å². The number of aromatic nitrogens is 5. The van der Waals surface area contributed by atoms with Gasteiger partial charge in [-0.05, 0) is 12.1 Å². The van der Waals surface area contributed by atoms with Crippen LogP contribution < -0.4 is 4.90 Å². The minimum Gasteiger partial charge on any atom is -0.355 e. The van der Waals surface area contributed by atoms with E-state index < -0.39 is 11.9 Å². The molecule has 1 fully saturated rings. The highest BCUT2D eigenvalue weighted by Crippen LogP contribution is 2.33. The topological polar surface area (TPSA) is 59.2 Å². The van der Waals surface area contributed by atoms with E-state index in [4.69, 9.17) is 0 Å². The Labute approximate surface area is 128 Å². The average molecular weight is 320 g/mol. The monoisotopic (exact) mass is 320 g/mol. The van der Waals surface area contributed by atoms with E-state index in [1.165, 1.54) is 0 Å². The van der Waals surface area contributed by atoms with Crippen molar-refractivity contribution in [3.63, 3.8) is 0 Å². The Hall–Kier alpha value is -2.71. The Morgan fingerprint density at radius 2 is 1.91 bits per heavy atom. The molecule has 3 aromatic heterocycles. The first-order valence-corrected chi connectivity index (χ1v) is 6.96. The molecule has 0 bridgehead atoms. The zero-order valence-corrected chi connectivity index (χ0v) is 11.8. The molecule has 0 radical (unpaired) electrons. The molecule has 1 aliphatic rings. The normalized spacial score (nSPS) is 15.9. The van der Waals surface area contributed by atoms with E-state index in [9.17, 15) is 13.2 Å². The molecule has 1 aliphatic heterocycles. The van der Waals surface area contributed by atoms with Crippen molar-refractivity contribution in [2.45, 2.75) is 12.1 Å². The first kappa shape index (κ1) is 13.9. The minimum absolute atomic E-state index is 0.108. The molecule has 0 atom stereocenters. The van der Waals surface area contributed by atoms with Crippen LogP contribution in [0.25, 0.3) is 5.65 Å². The Kier molecular flexibility index (Phi) is 2.97. The van der Waals surface area contributed by atoms with E-state index in [1.54, 1.807) is 4.90 Å². The van der Waals surface area contributed by atoms with E-state index in [-0.39, 0.29) is 11.7 Å². The zero-order chi connectivity index (χ0) is 16.0. The van der Waals surface area contributed by atoms with Crippen molar-refractivity contribution in [1.82, 2.24) is 24.6 Å². The molecule has 1 saturated heterocycles.